The van der Waals surface area contributed by atoms with E-state index in [1.54, 1.807) is 0 Å². The molecule has 1 aliphatic heterocycles. The van der Waals surface area contributed by atoms with Gasteiger partial charge in [-0.1, -0.05) is 17.7 Å². The number of anilines is 1. The average molecular weight is 181 g/mol. The van der Waals surface area contributed by atoms with Crippen LogP contribution in [0.15, 0.2) is 18.2 Å². The van der Waals surface area contributed by atoms with E-state index in [4.69, 9.17) is 11.6 Å². The number of halogens is 1. The van der Waals surface area contributed by atoms with Gasteiger partial charge in [-0.15, -0.1) is 0 Å². The molecule has 1 aromatic carbocycles. The lowest BCUT2D eigenvalue weighted by molar-refractivity contribution is 0.949. The van der Waals surface area contributed by atoms with Crippen LogP contribution in [0.5, 0.6) is 0 Å². The minimum atomic E-state index is 0.708. The lowest BCUT2D eigenvalue weighted by Gasteiger charge is -2.16. The molecule has 1 aliphatic rings. The lowest BCUT2D eigenvalue weighted by atomic mass is 10.3. The third-order valence-electron chi connectivity index (χ3n) is 2.19. The van der Waals surface area contributed by atoms with Crippen LogP contribution in [0.3, 0.4) is 0 Å². The molecular formula is C10H11ClN. The molecule has 1 saturated heterocycles. The molecule has 0 spiro atoms. The highest BCUT2D eigenvalue weighted by atomic mass is 35.5. The van der Waals surface area contributed by atoms with Gasteiger partial charge >= 0.3 is 0 Å². The van der Waals surface area contributed by atoms with Crippen molar-refractivity contribution in [2.45, 2.75) is 12.8 Å². The highest BCUT2D eigenvalue weighted by Crippen LogP contribution is 2.22. The molecule has 0 N–H and O–H groups in total. The summed E-state index contributed by atoms with van der Waals surface area (Å²) in [4.78, 5) is 2.33. The molecule has 2 rings (SSSR count). The standard InChI is InChI=1S/C10H11ClN/c11-9-4-3-5-10(8-9)12-6-1-2-7-12/h3-5H,1-2,6-7H2. The van der Waals surface area contributed by atoms with Gasteiger partial charge in [-0.05, 0) is 25.0 Å². The first-order chi connectivity index (χ1) is 5.86. The van der Waals surface area contributed by atoms with Crippen molar-refractivity contribution in [2.24, 2.45) is 0 Å². The molecular weight excluding hydrogens is 170 g/mol. The third-order valence-corrected chi connectivity index (χ3v) is 2.41. The fraction of sp³-hybridized carbons (Fsp3) is 0.400. The predicted octanol–water partition coefficient (Wildman–Crippen LogP) is 2.74. The zero-order valence-electron chi connectivity index (χ0n) is 6.89. The van der Waals surface area contributed by atoms with Crippen LogP contribution in [0.2, 0.25) is 5.02 Å². The van der Waals surface area contributed by atoms with Crippen LogP contribution in [0.25, 0.3) is 0 Å². The Labute approximate surface area is 77.9 Å². The molecule has 0 aromatic heterocycles. The fourth-order valence-corrected chi connectivity index (χ4v) is 1.74. The molecule has 1 nitrogen and oxygen atoms in total. The maximum absolute atomic E-state index is 5.84. The van der Waals surface area contributed by atoms with E-state index in [1.807, 2.05) is 12.1 Å². The van der Waals surface area contributed by atoms with E-state index in [1.165, 1.54) is 12.8 Å². The molecule has 1 fully saturated rings. The van der Waals surface area contributed by atoms with Gasteiger partial charge in [-0.2, -0.15) is 0 Å². The molecule has 1 aromatic rings. The van der Waals surface area contributed by atoms with Crippen molar-refractivity contribution in [3.05, 3.63) is 29.3 Å². The van der Waals surface area contributed by atoms with Gasteiger partial charge in [0.25, 0.3) is 0 Å². The Morgan fingerprint density at radius 3 is 2.67 bits per heavy atom. The van der Waals surface area contributed by atoms with Gasteiger partial charge in [0.15, 0.2) is 0 Å². The molecule has 2 heteroatoms. The smallest absolute Gasteiger partial charge is 0.0506 e. The molecule has 1 radical (unpaired) electrons. The number of rotatable bonds is 1. The zero-order valence-corrected chi connectivity index (χ0v) is 7.64. The van der Waals surface area contributed by atoms with Gasteiger partial charge in [0.05, 0.1) is 5.02 Å². The second kappa shape index (κ2) is 3.36. The van der Waals surface area contributed by atoms with Crippen LogP contribution in [0.4, 0.5) is 5.69 Å². The first-order valence-electron chi connectivity index (χ1n) is 4.29. The summed E-state index contributed by atoms with van der Waals surface area (Å²) in [5.41, 5.74) is 1.14. The first-order valence-corrected chi connectivity index (χ1v) is 4.67. The summed E-state index contributed by atoms with van der Waals surface area (Å²) in [5, 5.41) is 0.708. The second-order valence-corrected chi connectivity index (χ2v) is 3.49. The molecule has 0 unspecified atom stereocenters. The Morgan fingerprint density at radius 1 is 1.25 bits per heavy atom. The normalized spacial score (nSPS) is 16.9. The van der Waals surface area contributed by atoms with Crippen LogP contribution in [0.1, 0.15) is 12.8 Å². The van der Waals surface area contributed by atoms with Crippen LogP contribution in [-0.4, -0.2) is 13.1 Å². The minimum absolute atomic E-state index is 0.708. The van der Waals surface area contributed by atoms with E-state index < -0.39 is 0 Å². The lowest BCUT2D eigenvalue weighted by Crippen LogP contribution is -2.17. The van der Waals surface area contributed by atoms with E-state index in [0.717, 1.165) is 18.8 Å². The summed E-state index contributed by atoms with van der Waals surface area (Å²) in [6.45, 7) is 2.30. The van der Waals surface area contributed by atoms with Crippen LogP contribution in [-0.2, 0) is 0 Å². The fourth-order valence-electron chi connectivity index (χ4n) is 1.57. The molecule has 0 bridgehead atoms. The quantitative estimate of drug-likeness (QED) is 0.643. The van der Waals surface area contributed by atoms with E-state index in [2.05, 4.69) is 17.0 Å². The topological polar surface area (TPSA) is 3.24 Å². The second-order valence-electron chi connectivity index (χ2n) is 3.08. The van der Waals surface area contributed by atoms with Crippen molar-refractivity contribution in [1.82, 2.24) is 0 Å². The minimum Gasteiger partial charge on any atom is -0.371 e. The van der Waals surface area contributed by atoms with Gasteiger partial charge in [0.1, 0.15) is 0 Å². The Hall–Kier alpha value is -0.690. The van der Waals surface area contributed by atoms with Crippen molar-refractivity contribution < 1.29 is 0 Å². The molecule has 0 amide bonds. The van der Waals surface area contributed by atoms with Crippen molar-refractivity contribution >= 4 is 17.3 Å². The van der Waals surface area contributed by atoms with Gasteiger partial charge < -0.3 is 4.90 Å². The first kappa shape index (κ1) is 7.93. The zero-order chi connectivity index (χ0) is 8.39. The maximum atomic E-state index is 5.84. The Bertz CT molecular complexity index is 266. The maximum Gasteiger partial charge on any atom is 0.0506 e. The highest BCUT2D eigenvalue weighted by molar-refractivity contribution is 6.30. The van der Waals surface area contributed by atoms with E-state index >= 15 is 0 Å². The van der Waals surface area contributed by atoms with Crippen LogP contribution < -0.4 is 4.90 Å². The Morgan fingerprint density at radius 2 is 2.00 bits per heavy atom. The SMILES string of the molecule is Clc1[c]c(N2CCCC2)ccc1. The van der Waals surface area contributed by atoms with Crippen molar-refractivity contribution in [1.29, 1.82) is 0 Å². The third kappa shape index (κ3) is 1.56. The summed E-state index contributed by atoms with van der Waals surface area (Å²) in [6, 6.07) is 9.05. The van der Waals surface area contributed by atoms with Gasteiger partial charge in [0.2, 0.25) is 0 Å². The van der Waals surface area contributed by atoms with E-state index in [0.29, 0.717) is 5.02 Å². The van der Waals surface area contributed by atoms with E-state index in [-0.39, 0.29) is 0 Å². The van der Waals surface area contributed by atoms with Crippen molar-refractivity contribution in [3.63, 3.8) is 0 Å². The van der Waals surface area contributed by atoms with Crippen LogP contribution in [0, 0.1) is 6.07 Å². The monoisotopic (exact) mass is 180 g/mol. The molecule has 0 saturated carbocycles. The Balaban J connectivity index is 2.21. The van der Waals surface area contributed by atoms with Crippen molar-refractivity contribution in [2.75, 3.05) is 18.0 Å². The van der Waals surface area contributed by atoms with Gasteiger partial charge in [-0.3, -0.25) is 0 Å². The van der Waals surface area contributed by atoms with Crippen molar-refractivity contribution in [3.8, 4) is 0 Å². The molecule has 1 heterocycles. The predicted molar refractivity (Wildman–Crippen MR) is 51.7 cm³/mol. The largest absolute Gasteiger partial charge is 0.371 e. The number of benzene rings is 1. The summed E-state index contributed by atoms with van der Waals surface area (Å²) in [7, 11) is 0. The molecule has 12 heavy (non-hydrogen) atoms. The van der Waals surface area contributed by atoms with Gasteiger partial charge in [-0.25, -0.2) is 0 Å². The number of hydrogen-bond acceptors (Lipinski definition) is 1. The molecule has 0 atom stereocenters. The summed E-state index contributed by atoms with van der Waals surface area (Å²) < 4.78 is 0. The molecule has 63 valence electrons. The Kier molecular flexibility index (Phi) is 2.22. The molecule has 0 aliphatic carbocycles. The number of nitrogens with zero attached hydrogens (tertiary/aromatic N) is 1. The van der Waals surface area contributed by atoms with E-state index in [9.17, 15) is 0 Å². The number of hydrogen-bond donors (Lipinski definition) is 0. The van der Waals surface area contributed by atoms with Gasteiger partial charge in [0, 0.05) is 24.8 Å². The summed E-state index contributed by atoms with van der Waals surface area (Å²) in [6.07, 6.45) is 2.58. The highest BCUT2D eigenvalue weighted by Gasteiger charge is 2.11. The average Bonchev–Trinajstić information content (AvgIpc) is 2.56. The van der Waals surface area contributed by atoms with Crippen LogP contribution >= 0.6 is 11.6 Å². The summed E-state index contributed by atoms with van der Waals surface area (Å²) in [5.74, 6) is 0. The summed E-state index contributed by atoms with van der Waals surface area (Å²) >= 11 is 5.84.